The van der Waals surface area contributed by atoms with Crippen LogP contribution in [0.5, 0.6) is 0 Å². The number of carboxylic acids is 1. The minimum Gasteiger partial charge on any atom is -0.480 e. The van der Waals surface area contributed by atoms with Crippen LogP contribution in [0.25, 0.3) is 5.69 Å². The molecule has 2 heterocycles. The number of fused-ring (bicyclic) bond motifs is 1. The maximum Gasteiger partial charge on any atom is 0.326 e. The summed E-state index contributed by atoms with van der Waals surface area (Å²) < 4.78 is 1.71. The first-order chi connectivity index (χ1) is 12.5. The number of carbonyl (C=O) groups excluding carboxylic acids is 1. The number of amides is 1. The van der Waals surface area contributed by atoms with E-state index in [9.17, 15) is 14.7 Å². The van der Waals surface area contributed by atoms with Crippen LogP contribution >= 0.6 is 23.2 Å². The Morgan fingerprint density at radius 3 is 2.73 bits per heavy atom. The van der Waals surface area contributed by atoms with Crippen molar-refractivity contribution in [3.8, 4) is 5.69 Å². The van der Waals surface area contributed by atoms with Gasteiger partial charge in [-0.15, -0.1) is 0 Å². The van der Waals surface area contributed by atoms with Crippen molar-refractivity contribution in [2.45, 2.75) is 38.1 Å². The van der Waals surface area contributed by atoms with Gasteiger partial charge in [0.25, 0.3) is 5.91 Å². The number of rotatable bonds is 3. The highest BCUT2D eigenvalue weighted by atomic mass is 35.5. The fourth-order valence-electron chi connectivity index (χ4n) is 3.86. The van der Waals surface area contributed by atoms with Gasteiger partial charge in [-0.25, -0.2) is 9.48 Å². The minimum absolute atomic E-state index is 0.308. The molecule has 1 aliphatic heterocycles. The lowest BCUT2D eigenvalue weighted by Gasteiger charge is -2.20. The van der Waals surface area contributed by atoms with Crippen molar-refractivity contribution in [3.63, 3.8) is 0 Å². The summed E-state index contributed by atoms with van der Waals surface area (Å²) in [5, 5.41) is 14.9. The maximum atomic E-state index is 13.0. The summed E-state index contributed by atoms with van der Waals surface area (Å²) in [7, 11) is 0. The first kappa shape index (κ1) is 17.4. The Labute approximate surface area is 160 Å². The van der Waals surface area contributed by atoms with Crippen LogP contribution in [-0.4, -0.2) is 44.3 Å². The molecule has 1 N–H and O–H groups in total. The molecule has 4 rings (SSSR count). The van der Waals surface area contributed by atoms with Gasteiger partial charge in [-0.1, -0.05) is 23.2 Å². The maximum absolute atomic E-state index is 13.0. The zero-order valence-electron chi connectivity index (χ0n) is 13.9. The van der Waals surface area contributed by atoms with E-state index in [1.54, 1.807) is 22.9 Å². The number of likely N-dealkylation sites (tertiary alicyclic amines) is 1. The van der Waals surface area contributed by atoms with E-state index in [1.165, 1.54) is 4.90 Å². The third-order valence-corrected chi connectivity index (χ3v) is 5.61. The molecule has 1 aromatic carbocycles. The van der Waals surface area contributed by atoms with E-state index in [0.717, 1.165) is 30.5 Å². The lowest BCUT2D eigenvalue weighted by molar-refractivity contribution is -0.141. The molecule has 26 heavy (non-hydrogen) atoms. The van der Waals surface area contributed by atoms with E-state index in [2.05, 4.69) is 5.10 Å². The molecule has 2 aliphatic rings. The number of benzene rings is 1. The predicted molar refractivity (Wildman–Crippen MR) is 97.3 cm³/mol. The number of carboxylic acid groups (broad SMARTS) is 1. The summed E-state index contributed by atoms with van der Waals surface area (Å²) in [6.45, 7) is 0.444. The fraction of sp³-hybridized carbons (Fsp3) is 0.389. The van der Waals surface area contributed by atoms with Gasteiger partial charge in [-0.2, -0.15) is 5.10 Å². The van der Waals surface area contributed by atoms with Crippen molar-refractivity contribution in [2.24, 2.45) is 0 Å². The van der Waals surface area contributed by atoms with Crippen molar-refractivity contribution in [1.29, 1.82) is 0 Å². The fourth-order valence-corrected chi connectivity index (χ4v) is 4.35. The Kier molecular flexibility index (Phi) is 4.40. The largest absolute Gasteiger partial charge is 0.480 e. The molecule has 1 unspecified atom stereocenters. The minimum atomic E-state index is -0.965. The van der Waals surface area contributed by atoms with Crippen molar-refractivity contribution in [2.75, 3.05) is 6.54 Å². The predicted octanol–water partition coefficient (Wildman–Crippen LogP) is 3.36. The quantitative estimate of drug-likeness (QED) is 0.867. The van der Waals surface area contributed by atoms with Gasteiger partial charge in [0.1, 0.15) is 6.04 Å². The van der Waals surface area contributed by atoms with Crippen LogP contribution in [0.2, 0.25) is 10.0 Å². The number of hydrogen-bond donors (Lipinski definition) is 1. The number of nitrogens with zero attached hydrogens (tertiary/aromatic N) is 3. The van der Waals surface area contributed by atoms with Gasteiger partial charge in [0.2, 0.25) is 0 Å². The van der Waals surface area contributed by atoms with Crippen LogP contribution in [0.15, 0.2) is 18.2 Å². The first-order valence-corrected chi connectivity index (χ1v) is 9.33. The van der Waals surface area contributed by atoms with Crippen molar-refractivity contribution in [3.05, 3.63) is 45.2 Å². The highest BCUT2D eigenvalue weighted by Crippen LogP contribution is 2.33. The second-order valence-electron chi connectivity index (χ2n) is 6.63. The molecule has 1 atom stereocenters. The number of halogens is 2. The molecule has 0 spiro atoms. The molecule has 8 heteroatoms. The third kappa shape index (κ3) is 2.77. The smallest absolute Gasteiger partial charge is 0.326 e. The number of hydrogen-bond acceptors (Lipinski definition) is 3. The highest BCUT2D eigenvalue weighted by Gasteiger charge is 2.38. The van der Waals surface area contributed by atoms with Gasteiger partial charge >= 0.3 is 5.97 Å². The number of aromatic nitrogens is 2. The molecule has 0 radical (unpaired) electrons. The van der Waals surface area contributed by atoms with Gasteiger partial charge in [0.05, 0.1) is 10.7 Å². The summed E-state index contributed by atoms with van der Waals surface area (Å²) in [6, 6.07) is 4.38. The molecule has 2 aromatic rings. The van der Waals surface area contributed by atoms with Crippen molar-refractivity contribution in [1.82, 2.24) is 14.7 Å². The average molecular weight is 394 g/mol. The normalized spacial score (nSPS) is 19.0. The van der Waals surface area contributed by atoms with E-state index in [4.69, 9.17) is 23.2 Å². The zero-order chi connectivity index (χ0) is 18.4. The Hall–Kier alpha value is -2.05. The molecule has 1 aromatic heterocycles. The van der Waals surface area contributed by atoms with Crippen LogP contribution in [0.3, 0.4) is 0 Å². The van der Waals surface area contributed by atoms with Crippen molar-refractivity contribution < 1.29 is 14.7 Å². The van der Waals surface area contributed by atoms with Crippen molar-refractivity contribution >= 4 is 35.1 Å². The summed E-state index contributed by atoms with van der Waals surface area (Å²) >= 11 is 12.3. The molecule has 0 saturated carbocycles. The van der Waals surface area contributed by atoms with E-state index in [-0.39, 0.29) is 5.91 Å². The summed E-state index contributed by atoms with van der Waals surface area (Å²) in [4.78, 5) is 25.9. The Morgan fingerprint density at radius 2 is 2.00 bits per heavy atom. The molecule has 1 saturated heterocycles. The summed E-state index contributed by atoms with van der Waals surface area (Å²) in [6.07, 6.45) is 3.66. The number of aliphatic carboxylic acids is 1. The molecule has 0 bridgehead atoms. The zero-order valence-corrected chi connectivity index (χ0v) is 15.4. The van der Waals surface area contributed by atoms with Gasteiger partial charge in [-0.05, 0) is 50.3 Å². The van der Waals surface area contributed by atoms with Crippen LogP contribution in [0.4, 0.5) is 0 Å². The van der Waals surface area contributed by atoms with E-state index in [0.29, 0.717) is 40.8 Å². The van der Waals surface area contributed by atoms with Crippen LogP contribution < -0.4 is 0 Å². The molecular weight excluding hydrogens is 377 g/mol. The highest BCUT2D eigenvalue weighted by molar-refractivity contribution is 6.35. The Bertz CT molecular complexity index is 909. The monoisotopic (exact) mass is 393 g/mol. The van der Waals surface area contributed by atoms with Crippen LogP contribution in [0, 0.1) is 0 Å². The molecule has 136 valence electrons. The lowest BCUT2D eigenvalue weighted by Crippen LogP contribution is -2.40. The third-order valence-electron chi connectivity index (χ3n) is 5.07. The molecule has 6 nitrogen and oxygen atoms in total. The SMILES string of the molecule is O=C(O)C1CCCN1C(=O)c1nn(-c2ccc(Cl)cc2Cl)c2c1CCC2. The topological polar surface area (TPSA) is 75.4 Å². The van der Waals surface area contributed by atoms with Gasteiger partial charge in [-0.3, -0.25) is 4.79 Å². The lowest BCUT2D eigenvalue weighted by atomic mass is 10.1. The molecule has 1 fully saturated rings. The first-order valence-electron chi connectivity index (χ1n) is 8.57. The van der Waals surface area contributed by atoms with Gasteiger partial charge in [0.15, 0.2) is 5.69 Å². The van der Waals surface area contributed by atoms with Gasteiger partial charge < -0.3 is 10.0 Å². The molecule has 1 aliphatic carbocycles. The van der Waals surface area contributed by atoms with E-state index < -0.39 is 12.0 Å². The standard InChI is InChI=1S/C18H17Cl2N3O3/c19-10-6-7-14(12(20)9-10)23-13-4-1-3-11(13)16(21-23)17(24)22-8-2-5-15(22)18(25)26/h6-7,9,15H,1-5,8H2,(H,25,26). The average Bonchev–Trinajstić information content (AvgIpc) is 3.30. The van der Waals surface area contributed by atoms with Gasteiger partial charge in [0, 0.05) is 22.8 Å². The number of carbonyl (C=O) groups is 2. The van der Waals surface area contributed by atoms with E-state index >= 15 is 0 Å². The summed E-state index contributed by atoms with van der Waals surface area (Å²) in [5.74, 6) is -1.27. The second-order valence-corrected chi connectivity index (χ2v) is 7.47. The molecular formula is C18H17Cl2N3O3. The van der Waals surface area contributed by atoms with E-state index in [1.807, 2.05) is 0 Å². The Balaban J connectivity index is 1.77. The second kappa shape index (κ2) is 6.59. The Morgan fingerprint density at radius 1 is 1.19 bits per heavy atom. The van der Waals surface area contributed by atoms with Crippen LogP contribution in [-0.2, 0) is 17.6 Å². The van der Waals surface area contributed by atoms with Crippen LogP contribution in [0.1, 0.15) is 41.0 Å². The molecule has 1 amide bonds. The summed E-state index contributed by atoms with van der Waals surface area (Å²) in [5.41, 5.74) is 2.88.